The molecular weight excluding hydrogens is 210 g/mol. The van der Waals surface area contributed by atoms with Gasteiger partial charge in [-0.3, -0.25) is 0 Å². The van der Waals surface area contributed by atoms with Crippen molar-refractivity contribution in [3.63, 3.8) is 0 Å². The van der Waals surface area contributed by atoms with E-state index in [-0.39, 0.29) is 0 Å². The van der Waals surface area contributed by atoms with Crippen LogP contribution < -0.4 is 10.6 Å². The predicted molar refractivity (Wildman–Crippen MR) is 61.5 cm³/mol. The monoisotopic (exact) mass is 225 g/mol. The largest absolute Gasteiger partial charge is 0.362 e. The standard InChI is InChI=1S/C9H15N5S/c1-14-6-11-13-8(14)4-5-10-9(15)12-7-2-3-7/h6-7H,2-5H2,1H3,(H2,10,12,15). The van der Waals surface area contributed by atoms with E-state index in [9.17, 15) is 0 Å². The summed E-state index contributed by atoms with van der Waals surface area (Å²) in [4.78, 5) is 0. The molecule has 0 radical (unpaired) electrons. The third kappa shape index (κ3) is 3.16. The molecule has 0 atom stereocenters. The third-order valence-electron chi connectivity index (χ3n) is 2.35. The summed E-state index contributed by atoms with van der Waals surface area (Å²) in [6.45, 7) is 0.797. The molecule has 6 heteroatoms. The highest BCUT2D eigenvalue weighted by atomic mass is 32.1. The molecule has 0 unspecified atom stereocenters. The maximum atomic E-state index is 5.13. The van der Waals surface area contributed by atoms with Crippen molar-refractivity contribution >= 4 is 17.3 Å². The molecule has 1 saturated carbocycles. The zero-order chi connectivity index (χ0) is 10.7. The predicted octanol–water partition coefficient (Wildman–Crippen LogP) is -0.0159. The van der Waals surface area contributed by atoms with Gasteiger partial charge in [-0.2, -0.15) is 0 Å². The van der Waals surface area contributed by atoms with Crippen molar-refractivity contribution in [3.05, 3.63) is 12.2 Å². The zero-order valence-electron chi connectivity index (χ0n) is 8.73. The van der Waals surface area contributed by atoms with Gasteiger partial charge in [-0.15, -0.1) is 10.2 Å². The lowest BCUT2D eigenvalue weighted by Crippen LogP contribution is -2.37. The van der Waals surface area contributed by atoms with Crippen molar-refractivity contribution in [2.24, 2.45) is 7.05 Å². The fourth-order valence-corrected chi connectivity index (χ4v) is 1.55. The average Bonchev–Trinajstić information content (AvgIpc) is 2.91. The first-order valence-electron chi connectivity index (χ1n) is 5.13. The van der Waals surface area contributed by atoms with Crippen LogP contribution >= 0.6 is 12.2 Å². The van der Waals surface area contributed by atoms with E-state index < -0.39 is 0 Å². The Labute approximate surface area is 94.3 Å². The Kier molecular flexibility index (Phi) is 3.15. The normalized spacial score (nSPS) is 15.0. The minimum Gasteiger partial charge on any atom is -0.362 e. The first-order chi connectivity index (χ1) is 7.25. The number of nitrogens with one attached hydrogen (secondary N) is 2. The molecule has 1 aromatic heterocycles. The molecular formula is C9H15N5S. The molecule has 1 fully saturated rings. The van der Waals surface area contributed by atoms with Crippen LogP contribution in [0.4, 0.5) is 0 Å². The van der Waals surface area contributed by atoms with Crippen LogP contribution in [0.25, 0.3) is 0 Å². The molecule has 0 saturated heterocycles. The second kappa shape index (κ2) is 4.57. The molecule has 0 aromatic carbocycles. The Balaban J connectivity index is 1.65. The Morgan fingerprint density at radius 1 is 1.67 bits per heavy atom. The summed E-state index contributed by atoms with van der Waals surface area (Å²) in [5.74, 6) is 0.969. The molecule has 82 valence electrons. The number of nitrogens with zero attached hydrogens (tertiary/aromatic N) is 3. The first-order valence-corrected chi connectivity index (χ1v) is 5.54. The van der Waals surface area contributed by atoms with E-state index >= 15 is 0 Å². The average molecular weight is 225 g/mol. The lowest BCUT2D eigenvalue weighted by molar-refractivity contribution is 0.736. The molecule has 0 amide bonds. The van der Waals surface area contributed by atoms with Crippen molar-refractivity contribution in [2.45, 2.75) is 25.3 Å². The number of thiocarbonyl (C=S) groups is 1. The molecule has 1 aliphatic rings. The summed E-state index contributed by atoms with van der Waals surface area (Å²) in [6, 6.07) is 0.611. The summed E-state index contributed by atoms with van der Waals surface area (Å²) in [7, 11) is 1.94. The summed E-state index contributed by atoms with van der Waals surface area (Å²) in [6.07, 6.45) is 5.02. The van der Waals surface area contributed by atoms with Gasteiger partial charge in [-0.05, 0) is 25.1 Å². The van der Waals surface area contributed by atoms with Crippen LogP contribution in [0, 0.1) is 0 Å². The van der Waals surface area contributed by atoms with Crippen molar-refractivity contribution in [1.82, 2.24) is 25.4 Å². The van der Waals surface area contributed by atoms with Gasteiger partial charge in [-0.1, -0.05) is 0 Å². The molecule has 1 heterocycles. The van der Waals surface area contributed by atoms with Crippen LogP contribution in [0.1, 0.15) is 18.7 Å². The summed E-state index contributed by atoms with van der Waals surface area (Å²) >= 11 is 5.13. The number of aromatic nitrogens is 3. The van der Waals surface area contributed by atoms with Crippen LogP contribution in [0.15, 0.2) is 6.33 Å². The van der Waals surface area contributed by atoms with E-state index in [1.807, 2.05) is 11.6 Å². The molecule has 0 bridgehead atoms. The lowest BCUT2D eigenvalue weighted by Gasteiger charge is -2.08. The van der Waals surface area contributed by atoms with Crippen molar-refractivity contribution in [1.29, 1.82) is 0 Å². The van der Waals surface area contributed by atoms with Gasteiger partial charge in [0.05, 0.1) is 0 Å². The lowest BCUT2D eigenvalue weighted by atomic mass is 10.4. The maximum absolute atomic E-state index is 5.13. The first kappa shape index (κ1) is 10.4. The van der Waals surface area contributed by atoms with E-state index in [0.29, 0.717) is 6.04 Å². The molecule has 15 heavy (non-hydrogen) atoms. The fraction of sp³-hybridized carbons (Fsp3) is 0.667. The highest BCUT2D eigenvalue weighted by molar-refractivity contribution is 7.80. The SMILES string of the molecule is Cn1cnnc1CCNC(=S)NC1CC1. The molecule has 0 spiro atoms. The molecule has 1 aliphatic carbocycles. The van der Waals surface area contributed by atoms with Crippen LogP contribution in [0.3, 0.4) is 0 Å². The highest BCUT2D eigenvalue weighted by Gasteiger charge is 2.21. The van der Waals surface area contributed by atoms with E-state index in [4.69, 9.17) is 12.2 Å². The van der Waals surface area contributed by atoms with Gasteiger partial charge in [0, 0.05) is 26.1 Å². The van der Waals surface area contributed by atoms with Gasteiger partial charge in [0.15, 0.2) is 5.11 Å². The quantitative estimate of drug-likeness (QED) is 0.706. The molecule has 1 aromatic rings. The smallest absolute Gasteiger partial charge is 0.166 e. The van der Waals surface area contributed by atoms with E-state index in [2.05, 4.69) is 20.8 Å². The van der Waals surface area contributed by atoms with E-state index in [1.54, 1.807) is 6.33 Å². The van der Waals surface area contributed by atoms with Crippen LogP contribution in [-0.4, -0.2) is 32.5 Å². The Morgan fingerprint density at radius 2 is 2.47 bits per heavy atom. The van der Waals surface area contributed by atoms with Gasteiger partial charge >= 0.3 is 0 Å². The zero-order valence-corrected chi connectivity index (χ0v) is 9.55. The van der Waals surface area contributed by atoms with Crippen LogP contribution in [0.5, 0.6) is 0 Å². The molecule has 5 nitrogen and oxygen atoms in total. The number of hydrogen-bond acceptors (Lipinski definition) is 3. The van der Waals surface area contributed by atoms with Crippen LogP contribution in [-0.2, 0) is 13.5 Å². The molecule has 0 aliphatic heterocycles. The summed E-state index contributed by atoms with van der Waals surface area (Å²) in [5.41, 5.74) is 0. The van der Waals surface area contributed by atoms with Gasteiger partial charge < -0.3 is 15.2 Å². The number of aryl methyl sites for hydroxylation is 1. The minimum atomic E-state index is 0.611. The van der Waals surface area contributed by atoms with Gasteiger partial charge in [-0.25, -0.2) is 0 Å². The Hall–Kier alpha value is -1.17. The second-order valence-corrected chi connectivity index (χ2v) is 4.19. The van der Waals surface area contributed by atoms with E-state index in [0.717, 1.165) is 23.9 Å². The Bertz CT molecular complexity index is 344. The fourth-order valence-electron chi connectivity index (χ4n) is 1.29. The summed E-state index contributed by atoms with van der Waals surface area (Å²) in [5, 5.41) is 14.9. The van der Waals surface area contributed by atoms with Crippen molar-refractivity contribution in [3.8, 4) is 0 Å². The van der Waals surface area contributed by atoms with Gasteiger partial charge in [0.2, 0.25) is 0 Å². The minimum absolute atomic E-state index is 0.611. The number of hydrogen-bond donors (Lipinski definition) is 2. The van der Waals surface area contributed by atoms with Crippen molar-refractivity contribution < 1.29 is 0 Å². The molecule has 2 rings (SSSR count). The third-order valence-corrected chi connectivity index (χ3v) is 2.61. The van der Waals surface area contributed by atoms with E-state index in [1.165, 1.54) is 12.8 Å². The van der Waals surface area contributed by atoms with Gasteiger partial charge in [0.25, 0.3) is 0 Å². The second-order valence-electron chi connectivity index (χ2n) is 3.78. The number of rotatable bonds is 4. The highest BCUT2D eigenvalue weighted by Crippen LogP contribution is 2.18. The summed E-state index contributed by atoms with van der Waals surface area (Å²) < 4.78 is 1.92. The Morgan fingerprint density at radius 3 is 3.07 bits per heavy atom. The van der Waals surface area contributed by atoms with Crippen molar-refractivity contribution in [2.75, 3.05) is 6.54 Å². The van der Waals surface area contributed by atoms with Gasteiger partial charge in [0.1, 0.15) is 12.2 Å². The van der Waals surface area contributed by atoms with Crippen LogP contribution in [0.2, 0.25) is 0 Å². The molecule has 2 N–H and O–H groups in total. The topological polar surface area (TPSA) is 54.8 Å². The maximum Gasteiger partial charge on any atom is 0.166 e.